The van der Waals surface area contributed by atoms with Gasteiger partial charge in [0.05, 0.1) is 12.7 Å². The van der Waals surface area contributed by atoms with Gasteiger partial charge in [-0.25, -0.2) is 8.78 Å². The van der Waals surface area contributed by atoms with Gasteiger partial charge >= 0.3 is 0 Å². The lowest BCUT2D eigenvalue weighted by molar-refractivity contribution is 0.114. The summed E-state index contributed by atoms with van der Waals surface area (Å²) in [6.45, 7) is 3.86. The number of hydrogen-bond donors (Lipinski definition) is 0. The first kappa shape index (κ1) is 22.6. The van der Waals surface area contributed by atoms with Crippen LogP contribution >= 0.6 is 0 Å². The van der Waals surface area contributed by atoms with E-state index in [1.807, 2.05) is 18.2 Å². The van der Waals surface area contributed by atoms with Crippen LogP contribution in [0.25, 0.3) is 0 Å². The Hall–Kier alpha value is -2.60. The van der Waals surface area contributed by atoms with E-state index in [-0.39, 0.29) is 11.4 Å². The number of allylic oxidation sites excluding steroid dienone is 1. The monoisotopic (exact) mass is 434 g/mol. The molecule has 0 amide bonds. The standard InChI is InChI=1S/C29H32F2O/c1-3-4-5-20-7-10-24-18-25(12-11-23(24)16-20)27-15-8-21(17-29(27)31)6-9-22-13-14-26(32-2)19-28(22)30/h3,8,13-15,17,19-20,23-25H,1,4-5,7,10-12,16,18H2,2H3. The van der Waals surface area contributed by atoms with Crippen molar-refractivity contribution in [3.8, 4) is 17.6 Å². The number of halogens is 2. The van der Waals surface area contributed by atoms with Gasteiger partial charge < -0.3 is 4.74 Å². The molecule has 168 valence electrons. The molecule has 0 saturated heterocycles. The Labute approximate surface area is 190 Å². The van der Waals surface area contributed by atoms with Crippen molar-refractivity contribution >= 4 is 0 Å². The van der Waals surface area contributed by atoms with Gasteiger partial charge in [-0.05, 0) is 98.4 Å². The first-order valence-electron chi connectivity index (χ1n) is 11.8. The maximum atomic E-state index is 15.0. The quantitative estimate of drug-likeness (QED) is 0.347. The summed E-state index contributed by atoms with van der Waals surface area (Å²) in [4.78, 5) is 0. The number of benzene rings is 2. The van der Waals surface area contributed by atoms with E-state index in [2.05, 4.69) is 18.4 Å². The van der Waals surface area contributed by atoms with Gasteiger partial charge in [0.2, 0.25) is 0 Å². The molecule has 2 aliphatic rings. The van der Waals surface area contributed by atoms with Crippen molar-refractivity contribution in [2.24, 2.45) is 17.8 Å². The predicted octanol–water partition coefficient (Wildman–Crippen LogP) is 7.64. The topological polar surface area (TPSA) is 9.23 Å². The van der Waals surface area contributed by atoms with Crippen molar-refractivity contribution < 1.29 is 13.5 Å². The van der Waals surface area contributed by atoms with Crippen molar-refractivity contribution in [3.05, 3.63) is 77.4 Å². The van der Waals surface area contributed by atoms with E-state index in [0.717, 1.165) is 42.6 Å². The van der Waals surface area contributed by atoms with Crippen molar-refractivity contribution in [1.29, 1.82) is 0 Å². The van der Waals surface area contributed by atoms with Crippen LogP contribution in [0.5, 0.6) is 5.75 Å². The second kappa shape index (κ2) is 10.3. The lowest BCUT2D eigenvalue weighted by Gasteiger charge is -2.42. The summed E-state index contributed by atoms with van der Waals surface area (Å²) in [5, 5.41) is 0. The summed E-state index contributed by atoms with van der Waals surface area (Å²) in [6.07, 6.45) is 11.7. The fourth-order valence-corrected chi connectivity index (χ4v) is 5.68. The highest BCUT2D eigenvalue weighted by atomic mass is 19.1. The Morgan fingerprint density at radius 3 is 2.53 bits per heavy atom. The maximum absolute atomic E-state index is 15.0. The van der Waals surface area contributed by atoms with E-state index in [4.69, 9.17) is 4.74 Å². The average Bonchev–Trinajstić information content (AvgIpc) is 2.81. The van der Waals surface area contributed by atoms with E-state index in [9.17, 15) is 8.78 Å². The van der Waals surface area contributed by atoms with Crippen molar-refractivity contribution in [2.75, 3.05) is 7.11 Å². The molecule has 3 heteroatoms. The minimum Gasteiger partial charge on any atom is -0.497 e. The third kappa shape index (κ3) is 5.23. The van der Waals surface area contributed by atoms with Crippen LogP contribution in [0.2, 0.25) is 0 Å². The zero-order valence-electron chi connectivity index (χ0n) is 18.9. The van der Waals surface area contributed by atoms with Crippen LogP contribution in [-0.4, -0.2) is 7.11 Å². The van der Waals surface area contributed by atoms with Gasteiger partial charge in [0, 0.05) is 11.6 Å². The SMILES string of the molecule is C=CCCC1CCC2CC(c3ccc(C#Cc4ccc(OC)cc4F)cc3F)CCC2C1. The number of ether oxygens (including phenoxy) is 1. The first-order chi connectivity index (χ1) is 15.6. The van der Waals surface area contributed by atoms with Gasteiger partial charge in [-0.2, -0.15) is 0 Å². The van der Waals surface area contributed by atoms with Gasteiger partial charge in [-0.3, -0.25) is 0 Å². The Morgan fingerprint density at radius 2 is 1.78 bits per heavy atom. The lowest BCUT2D eigenvalue weighted by Crippen LogP contribution is -2.30. The average molecular weight is 435 g/mol. The first-order valence-corrected chi connectivity index (χ1v) is 11.8. The van der Waals surface area contributed by atoms with Crippen molar-refractivity contribution in [3.63, 3.8) is 0 Å². The van der Waals surface area contributed by atoms with E-state index in [1.165, 1.54) is 51.3 Å². The van der Waals surface area contributed by atoms with Crippen LogP contribution in [0.4, 0.5) is 8.78 Å². The third-order valence-electron chi connectivity index (χ3n) is 7.46. The minimum atomic E-state index is -0.440. The molecule has 4 unspecified atom stereocenters. The van der Waals surface area contributed by atoms with Gasteiger partial charge in [0.1, 0.15) is 17.4 Å². The van der Waals surface area contributed by atoms with Gasteiger partial charge in [-0.15, -0.1) is 6.58 Å². The number of hydrogen-bond acceptors (Lipinski definition) is 1. The summed E-state index contributed by atoms with van der Waals surface area (Å²) in [7, 11) is 1.49. The highest BCUT2D eigenvalue weighted by Crippen LogP contribution is 2.48. The van der Waals surface area contributed by atoms with Crippen LogP contribution in [0.15, 0.2) is 49.1 Å². The minimum absolute atomic E-state index is 0.185. The molecule has 2 saturated carbocycles. The number of rotatable bonds is 5. The summed E-state index contributed by atoms with van der Waals surface area (Å²) in [6, 6.07) is 9.81. The molecule has 1 nitrogen and oxygen atoms in total. The zero-order valence-corrected chi connectivity index (χ0v) is 18.9. The maximum Gasteiger partial charge on any atom is 0.142 e. The van der Waals surface area contributed by atoms with E-state index in [1.54, 1.807) is 12.1 Å². The molecule has 0 radical (unpaired) electrons. The Balaban J connectivity index is 1.41. The fourth-order valence-electron chi connectivity index (χ4n) is 5.68. The smallest absolute Gasteiger partial charge is 0.142 e. The van der Waals surface area contributed by atoms with E-state index < -0.39 is 5.82 Å². The molecule has 0 aromatic heterocycles. The molecule has 0 N–H and O–H groups in total. The van der Waals surface area contributed by atoms with Crippen molar-refractivity contribution in [2.45, 2.75) is 57.3 Å². The number of methoxy groups -OCH3 is 1. The van der Waals surface area contributed by atoms with Gasteiger partial charge in [0.25, 0.3) is 0 Å². The van der Waals surface area contributed by atoms with Crippen LogP contribution in [-0.2, 0) is 0 Å². The Kier molecular flexibility index (Phi) is 7.30. The van der Waals surface area contributed by atoms with Crippen molar-refractivity contribution in [1.82, 2.24) is 0 Å². The molecular weight excluding hydrogens is 402 g/mol. The molecule has 4 atom stereocenters. The number of fused-ring (bicyclic) bond motifs is 1. The highest BCUT2D eigenvalue weighted by molar-refractivity contribution is 5.46. The molecule has 0 bridgehead atoms. The second-order valence-corrected chi connectivity index (χ2v) is 9.41. The van der Waals surface area contributed by atoms with E-state index in [0.29, 0.717) is 17.2 Å². The Morgan fingerprint density at radius 1 is 0.969 bits per heavy atom. The molecule has 2 aromatic carbocycles. The summed E-state index contributed by atoms with van der Waals surface area (Å²) in [5.41, 5.74) is 1.66. The molecule has 0 spiro atoms. The molecule has 2 aromatic rings. The van der Waals surface area contributed by atoms with Gasteiger partial charge in [-0.1, -0.05) is 30.4 Å². The largest absolute Gasteiger partial charge is 0.497 e. The van der Waals surface area contributed by atoms with Gasteiger partial charge in [0.15, 0.2) is 0 Å². The highest BCUT2D eigenvalue weighted by Gasteiger charge is 2.36. The van der Waals surface area contributed by atoms with Crippen LogP contribution in [0.1, 0.15) is 74.0 Å². The molecular formula is C29H32F2O. The molecule has 2 fully saturated rings. The van der Waals surface area contributed by atoms with Crippen LogP contribution < -0.4 is 4.74 Å². The lowest BCUT2D eigenvalue weighted by atomic mass is 9.63. The third-order valence-corrected chi connectivity index (χ3v) is 7.46. The zero-order chi connectivity index (χ0) is 22.5. The van der Waals surface area contributed by atoms with Crippen LogP contribution in [0.3, 0.4) is 0 Å². The predicted molar refractivity (Wildman–Crippen MR) is 126 cm³/mol. The normalized spacial score (nSPS) is 24.7. The molecule has 4 rings (SSSR count). The molecule has 0 heterocycles. The van der Waals surface area contributed by atoms with Crippen LogP contribution in [0, 0.1) is 41.2 Å². The summed E-state index contributed by atoms with van der Waals surface area (Å²) >= 11 is 0. The summed E-state index contributed by atoms with van der Waals surface area (Å²) < 4.78 is 34.1. The second-order valence-electron chi connectivity index (χ2n) is 9.41. The molecule has 32 heavy (non-hydrogen) atoms. The molecule has 0 aliphatic heterocycles. The summed E-state index contributed by atoms with van der Waals surface area (Å²) in [5.74, 6) is 8.20. The molecule has 2 aliphatic carbocycles. The van der Waals surface area contributed by atoms with E-state index >= 15 is 0 Å². The fraction of sp³-hybridized carbons (Fsp3) is 0.448. The Bertz CT molecular complexity index is 1020.